The fraction of sp³-hybridized carbons (Fsp3) is 0.244. The molecule has 3 amide bonds. The summed E-state index contributed by atoms with van der Waals surface area (Å²) in [7, 11) is 1.18. The van der Waals surface area contributed by atoms with Crippen LogP contribution in [-0.2, 0) is 29.0 Å². The highest BCUT2D eigenvalue weighted by atomic mass is 35.5. The molecule has 0 spiro atoms. The molecule has 0 saturated carbocycles. The van der Waals surface area contributed by atoms with Gasteiger partial charge in [-0.2, -0.15) is 0 Å². The van der Waals surface area contributed by atoms with Crippen LogP contribution in [0.2, 0.25) is 5.02 Å². The normalized spacial score (nSPS) is 12.0. The molecule has 284 valence electrons. The number of amides is 3. The van der Waals surface area contributed by atoms with Crippen LogP contribution in [0.15, 0.2) is 72.1 Å². The van der Waals surface area contributed by atoms with Gasteiger partial charge < -0.3 is 30.2 Å². The van der Waals surface area contributed by atoms with Crippen LogP contribution in [0.25, 0.3) is 21.6 Å². The highest BCUT2D eigenvalue weighted by Gasteiger charge is 2.27. The van der Waals surface area contributed by atoms with E-state index in [2.05, 4.69) is 20.9 Å². The minimum atomic E-state index is -0.847. The maximum atomic E-state index is 14.5. The predicted octanol–water partition coefficient (Wildman–Crippen LogP) is 8.51. The van der Waals surface area contributed by atoms with E-state index in [4.69, 9.17) is 25.8 Å². The number of anilines is 1. The van der Waals surface area contributed by atoms with Crippen molar-refractivity contribution in [1.82, 2.24) is 15.6 Å². The first-order valence-corrected chi connectivity index (χ1v) is 18.5. The van der Waals surface area contributed by atoms with Crippen molar-refractivity contribution in [3.63, 3.8) is 0 Å². The van der Waals surface area contributed by atoms with Crippen LogP contribution in [0.4, 0.5) is 14.9 Å². The van der Waals surface area contributed by atoms with Gasteiger partial charge in [-0.05, 0) is 92.2 Å². The summed E-state index contributed by atoms with van der Waals surface area (Å²) >= 11 is 7.42. The first kappa shape index (κ1) is 38.9. The minimum Gasteiger partial charge on any atom is -0.493 e. The summed E-state index contributed by atoms with van der Waals surface area (Å²) in [6.07, 6.45) is 0.120. The molecular weight excluding hydrogens is 747 g/mol. The Kier molecular flexibility index (Phi) is 11.5. The third kappa shape index (κ3) is 8.96. The molecule has 0 unspecified atom stereocenters. The molecule has 0 atom stereocenters. The molecule has 14 heteroatoms. The second kappa shape index (κ2) is 16.3. The van der Waals surface area contributed by atoms with Gasteiger partial charge in [0, 0.05) is 57.9 Å². The highest BCUT2D eigenvalue weighted by Crippen LogP contribution is 2.43. The standard InChI is InChI=1S/C41H38ClFN4O7S/c1-22-17-23(20-45-40(51)54-41(2,3)4)9-11-31(22)47-37(48)28-18-29-33(53-15-13-24-14-16-55-36(24)29)19-27(28)26-10-12-32(46-35(26)39(50)52-5)38(49)44-21-25-7-6-8-30(42)34(25)43/h6-12,14,16-19H,13,15,20-21H2,1-5H3,(H,44,49)(H,45,51)(H,47,48). The number of nitrogens with one attached hydrogen (secondary N) is 3. The van der Waals surface area contributed by atoms with Crippen LogP contribution >= 0.6 is 22.9 Å². The van der Waals surface area contributed by atoms with Crippen molar-refractivity contribution in [2.45, 2.75) is 52.8 Å². The summed E-state index contributed by atoms with van der Waals surface area (Å²) in [4.78, 5) is 58.4. The lowest BCUT2D eigenvalue weighted by atomic mass is 9.93. The van der Waals surface area contributed by atoms with Gasteiger partial charge in [-0.15, -0.1) is 11.3 Å². The molecule has 0 saturated heterocycles. The molecule has 3 N–H and O–H groups in total. The molecular formula is C41H38ClFN4O7S. The number of fused-ring (bicyclic) bond motifs is 3. The second-order valence-corrected chi connectivity index (χ2v) is 15.0. The van der Waals surface area contributed by atoms with Crippen molar-refractivity contribution in [2.24, 2.45) is 0 Å². The number of rotatable bonds is 9. The number of carbonyl (C=O) groups is 4. The van der Waals surface area contributed by atoms with Gasteiger partial charge in [-0.1, -0.05) is 35.9 Å². The van der Waals surface area contributed by atoms with Crippen LogP contribution in [0.3, 0.4) is 0 Å². The number of halogens is 2. The Morgan fingerprint density at radius 2 is 1.75 bits per heavy atom. The van der Waals surface area contributed by atoms with Gasteiger partial charge >= 0.3 is 12.1 Å². The van der Waals surface area contributed by atoms with Gasteiger partial charge in [0.1, 0.15) is 22.9 Å². The zero-order valence-corrected chi connectivity index (χ0v) is 32.3. The second-order valence-electron chi connectivity index (χ2n) is 13.7. The Balaban J connectivity index is 1.35. The lowest BCUT2D eigenvalue weighted by Gasteiger charge is -2.20. The SMILES string of the molecule is COC(=O)c1nc(C(=O)NCc2cccc(Cl)c2F)ccc1-c1cc2c(cc1C(=O)Nc1ccc(CNC(=O)OC(C)(C)C)cc1C)-c1sccc1CCO2. The van der Waals surface area contributed by atoms with Crippen molar-refractivity contribution >= 4 is 52.5 Å². The van der Waals surface area contributed by atoms with E-state index in [0.717, 1.165) is 21.6 Å². The number of nitrogens with zero attached hydrogens (tertiary/aromatic N) is 1. The molecule has 5 aromatic rings. The van der Waals surface area contributed by atoms with Gasteiger partial charge in [-0.3, -0.25) is 9.59 Å². The van der Waals surface area contributed by atoms with Gasteiger partial charge in [0.05, 0.1) is 18.7 Å². The maximum Gasteiger partial charge on any atom is 0.407 e. The molecule has 0 bridgehead atoms. The molecule has 0 radical (unpaired) electrons. The largest absolute Gasteiger partial charge is 0.493 e. The lowest BCUT2D eigenvalue weighted by Crippen LogP contribution is -2.32. The first-order valence-electron chi connectivity index (χ1n) is 17.3. The van der Waals surface area contributed by atoms with Gasteiger partial charge in [0.25, 0.3) is 11.8 Å². The Morgan fingerprint density at radius 1 is 0.945 bits per heavy atom. The Morgan fingerprint density at radius 3 is 2.49 bits per heavy atom. The number of carbonyl (C=O) groups excluding carboxylic acids is 4. The van der Waals surface area contributed by atoms with Crippen LogP contribution in [-0.4, -0.2) is 48.2 Å². The average molecular weight is 785 g/mol. The van der Waals surface area contributed by atoms with E-state index in [0.29, 0.717) is 35.6 Å². The number of methoxy groups -OCH3 is 1. The first-order chi connectivity index (χ1) is 26.2. The molecule has 3 heterocycles. The van der Waals surface area contributed by atoms with Crippen molar-refractivity contribution in [2.75, 3.05) is 19.0 Å². The lowest BCUT2D eigenvalue weighted by molar-refractivity contribution is 0.0522. The van der Waals surface area contributed by atoms with E-state index in [9.17, 15) is 23.6 Å². The summed E-state index contributed by atoms with van der Waals surface area (Å²) in [6.45, 7) is 7.62. The minimum absolute atomic E-state index is 0.0816. The molecule has 1 aliphatic heterocycles. The number of alkyl carbamates (subject to hydrolysis) is 1. The summed E-state index contributed by atoms with van der Waals surface area (Å²) in [5.41, 5.74) is 3.77. The fourth-order valence-corrected chi connectivity index (χ4v) is 7.16. The zero-order chi connectivity index (χ0) is 39.4. The fourth-order valence-electron chi connectivity index (χ4n) is 5.99. The number of esters is 1. The molecule has 3 aromatic carbocycles. The van der Waals surface area contributed by atoms with Gasteiger partial charge in [0.2, 0.25) is 0 Å². The van der Waals surface area contributed by atoms with Crippen LogP contribution in [0.1, 0.15) is 74.4 Å². The summed E-state index contributed by atoms with van der Waals surface area (Å²) in [5.74, 6) is -2.16. The number of aromatic nitrogens is 1. The predicted molar refractivity (Wildman–Crippen MR) is 208 cm³/mol. The average Bonchev–Trinajstić information content (AvgIpc) is 3.55. The van der Waals surface area contributed by atoms with E-state index in [1.807, 2.05) is 24.4 Å². The Labute approximate surface area is 326 Å². The zero-order valence-electron chi connectivity index (χ0n) is 30.7. The van der Waals surface area contributed by atoms with Crippen molar-refractivity contribution in [3.05, 3.63) is 122 Å². The molecule has 0 aliphatic carbocycles. The number of pyridine rings is 1. The Bertz CT molecular complexity index is 2320. The number of aryl methyl sites for hydroxylation is 1. The maximum absolute atomic E-state index is 14.5. The number of thiophene rings is 1. The Hall–Kier alpha value is -5.79. The molecule has 55 heavy (non-hydrogen) atoms. The van der Waals surface area contributed by atoms with Crippen molar-refractivity contribution in [1.29, 1.82) is 0 Å². The van der Waals surface area contributed by atoms with E-state index in [1.54, 1.807) is 51.1 Å². The number of hydrogen-bond donors (Lipinski definition) is 3. The number of hydrogen-bond acceptors (Lipinski definition) is 9. The number of benzene rings is 3. The van der Waals surface area contributed by atoms with E-state index < -0.39 is 35.3 Å². The van der Waals surface area contributed by atoms with Crippen LogP contribution < -0.4 is 20.7 Å². The molecule has 1 aliphatic rings. The molecule has 0 fully saturated rings. The monoisotopic (exact) mass is 784 g/mol. The summed E-state index contributed by atoms with van der Waals surface area (Å²) in [6, 6.07) is 18.2. The number of ether oxygens (including phenoxy) is 3. The van der Waals surface area contributed by atoms with Crippen molar-refractivity contribution < 1.29 is 37.8 Å². The third-order valence-corrected chi connectivity index (χ3v) is 9.91. The molecule has 2 aromatic heterocycles. The van der Waals surface area contributed by atoms with Gasteiger partial charge in [-0.25, -0.2) is 19.0 Å². The smallest absolute Gasteiger partial charge is 0.407 e. The quantitative estimate of drug-likeness (QED) is 0.126. The van der Waals surface area contributed by atoms with Crippen molar-refractivity contribution in [3.8, 4) is 27.3 Å². The van der Waals surface area contributed by atoms with E-state index in [-0.39, 0.29) is 46.2 Å². The summed E-state index contributed by atoms with van der Waals surface area (Å²) < 4.78 is 31.1. The highest BCUT2D eigenvalue weighted by molar-refractivity contribution is 7.13. The molecule has 11 nitrogen and oxygen atoms in total. The van der Waals surface area contributed by atoms with E-state index in [1.165, 1.54) is 42.7 Å². The van der Waals surface area contributed by atoms with Crippen LogP contribution in [0.5, 0.6) is 5.75 Å². The summed E-state index contributed by atoms with van der Waals surface area (Å²) in [5, 5.41) is 10.3. The van der Waals surface area contributed by atoms with Gasteiger partial charge in [0.15, 0.2) is 5.69 Å². The topological polar surface area (TPSA) is 145 Å². The molecule has 6 rings (SSSR count). The van der Waals surface area contributed by atoms with E-state index >= 15 is 0 Å². The van der Waals surface area contributed by atoms with Crippen LogP contribution in [0, 0.1) is 12.7 Å². The third-order valence-electron chi connectivity index (χ3n) is 8.63.